The molecule has 1 fully saturated rings. The van der Waals surface area contributed by atoms with Crippen molar-refractivity contribution in [1.29, 1.82) is 0 Å². The molecule has 5 rings (SSSR count). The van der Waals surface area contributed by atoms with Crippen molar-refractivity contribution in [2.45, 2.75) is 26.2 Å². The molecular formula is C29H34N8O3. The molecule has 11 nitrogen and oxygen atoms in total. The number of likely N-dealkylation sites (N-methyl/N-ethyl adjacent to an activating group) is 1. The lowest BCUT2D eigenvalue weighted by atomic mass is 9.91. The molecule has 1 saturated heterocycles. The van der Waals surface area contributed by atoms with E-state index in [9.17, 15) is 9.59 Å². The maximum Gasteiger partial charge on any atom is 0.273 e. The van der Waals surface area contributed by atoms with Crippen LogP contribution in [0, 0.1) is 5.92 Å². The van der Waals surface area contributed by atoms with E-state index >= 15 is 0 Å². The van der Waals surface area contributed by atoms with E-state index in [-0.39, 0.29) is 23.2 Å². The summed E-state index contributed by atoms with van der Waals surface area (Å²) in [5.74, 6) is 1.87. The number of hydrogen-bond acceptors (Lipinski definition) is 10. The molecule has 1 atom stereocenters. The minimum atomic E-state index is -0.718. The normalized spacial score (nSPS) is 16.9. The number of aromatic nitrogens is 3. The highest BCUT2D eigenvalue weighted by molar-refractivity contribution is 6.00. The number of nitrogens with zero attached hydrogens (tertiary/aromatic N) is 6. The van der Waals surface area contributed by atoms with Gasteiger partial charge in [0.05, 0.1) is 13.2 Å². The molecule has 0 spiro atoms. The number of benzene rings is 2. The highest BCUT2D eigenvalue weighted by Crippen LogP contribution is 2.27. The number of rotatable bonds is 10. The monoisotopic (exact) mass is 542 g/mol. The van der Waals surface area contributed by atoms with Crippen molar-refractivity contribution in [1.82, 2.24) is 20.1 Å². The second-order valence-corrected chi connectivity index (χ2v) is 10.0. The molecule has 0 saturated carbocycles. The zero-order chi connectivity index (χ0) is 28.1. The van der Waals surface area contributed by atoms with Gasteiger partial charge in [0.2, 0.25) is 5.95 Å². The Kier molecular flexibility index (Phi) is 8.18. The molecule has 3 N–H and O–H groups in total. The summed E-state index contributed by atoms with van der Waals surface area (Å²) >= 11 is 0. The first kappa shape index (κ1) is 27.0. The molecule has 1 amide bonds. The number of carbonyl (C=O) groups excluding carboxylic acids is 2. The lowest BCUT2D eigenvalue weighted by Crippen LogP contribution is -2.38. The maximum absolute atomic E-state index is 13.0. The summed E-state index contributed by atoms with van der Waals surface area (Å²) < 4.78 is 5.48. The van der Waals surface area contributed by atoms with E-state index in [2.05, 4.69) is 30.4 Å². The molecule has 1 aromatic heterocycles. The van der Waals surface area contributed by atoms with Crippen LogP contribution >= 0.6 is 0 Å². The molecule has 0 radical (unpaired) electrons. The molecule has 2 aliphatic rings. The zero-order valence-electron chi connectivity index (χ0n) is 22.8. The van der Waals surface area contributed by atoms with E-state index in [0.29, 0.717) is 31.1 Å². The fourth-order valence-corrected chi connectivity index (χ4v) is 5.09. The lowest BCUT2D eigenvalue weighted by Gasteiger charge is -2.32. The van der Waals surface area contributed by atoms with Gasteiger partial charge in [0.25, 0.3) is 5.91 Å². The van der Waals surface area contributed by atoms with E-state index in [0.717, 1.165) is 55.3 Å². The van der Waals surface area contributed by atoms with Crippen molar-refractivity contribution in [3.8, 4) is 5.75 Å². The van der Waals surface area contributed by atoms with Crippen LogP contribution in [0.25, 0.3) is 0 Å². The van der Waals surface area contributed by atoms with E-state index in [1.807, 2.05) is 67.4 Å². The summed E-state index contributed by atoms with van der Waals surface area (Å²) in [4.78, 5) is 38.4. The van der Waals surface area contributed by atoms with Gasteiger partial charge in [-0.1, -0.05) is 0 Å². The van der Waals surface area contributed by atoms with Crippen LogP contribution < -0.4 is 20.7 Å². The Bertz CT molecular complexity index is 1390. The quantitative estimate of drug-likeness (QED) is 0.369. The summed E-state index contributed by atoms with van der Waals surface area (Å²) in [5, 5.41) is 11.5. The summed E-state index contributed by atoms with van der Waals surface area (Å²) in [7, 11) is 2.02. The van der Waals surface area contributed by atoms with Gasteiger partial charge in [0.1, 0.15) is 11.6 Å². The van der Waals surface area contributed by atoms with Gasteiger partial charge in [-0.05, 0) is 74.2 Å². The van der Waals surface area contributed by atoms with Gasteiger partial charge in [0, 0.05) is 49.9 Å². The first-order chi connectivity index (χ1) is 19.4. The van der Waals surface area contributed by atoms with Crippen LogP contribution in [0.2, 0.25) is 0 Å². The number of primary amides is 1. The molecule has 2 aromatic carbocycles. The number of ether oxygens (including phenoxy) is 1. The predicted octanol–water partition coefficient (Wildman–Crippen LogP) is 3.29. The average Bonchev–Trinajstić information content (AvgIpc) is 3.39. The van der Waals surface area contributed by atoms with Crippen LogP contribution in [0.5, 0.6) is 5.75 Å². The summed E-state index contributed by atoms with van der Waals surface area (Å²) in [6, 6.07) is 15.0. The Labute approximate surface area is 233 Å². The number of anilines is 3. The lowest BCUT2D eigenvalue weighted by molar-refractivity contribution is 0.0954. The zero-order valence-corrected chi connectivity index (χ0v) is 22.8. The Morgan fingerprint density at radius 1 is 1.07 bits per heavy atom. The van der Waals surface area contributed by atoms with Crippen molar-refractivity contribution >= 4 is 35.0 Å². The van der Waals surface area contributed by atoms with Gasteiger partial charge < -0.3 is 25.6 Å². The van der Waals surface area contributed by atoms with Gasteiger partial charge in [-0.15, -0.1) is 10.2 Å². The number of carbonyl (C=O) groups is 2. The number of amidine groups is 1. The highest BCUT2D eigenvalue weighted by atomic mass is 16.5. The second-order valence-electron chi connectivity index (χ2n) is 10.0. The van der Waals surface area contributed by atoms with Gasteiger partial charge in [0.15, 0.2) is 17.3 Å². The number of nitrogens with one attached hydrogen (secondary N) is 1. The van der Waals surface area contributed by atoms with Crippen LogP contribution in [-0.2, 0) is 0 Å². The third-order valence-corrected chi connectivity index (χ3v) is 7.14. The van der Waals surface area contributed by atoms with Crippen LogP contribution in [-0.4, -0.2) is 77.4 Å². The molecule has 3 aromatic rings. The van der Waals surface area contributed by atoms with Crippen molar-refractivity contribution in [3.05, 3.63) is 65.4 Å². The molecule has 0 unspecified atom stereocenters. The Morgan fingerprint density at radius 2 is 1.85 bits per heavy atom. The topological polar surface area (TPSA) is 139 Å². The molecule has 2 aliphatic heterocycles. The van der Waals surface area contributed by atoms with Crippen LogP contribution in [0.4, 0.5) is 17.5 Å². The van der Waals surface area contributed by atoms with E-state index in [4.69, 9.17) is 10.5 Å². The van der Waals surface area contributed by atoms with Crippen molar-refractivity contribution in [2.24, 2.45) is 16.6 Å². The van der Waals surface area contributed by atoms with Crippen LogP contribution in [0.3, 0.4) is 0 Å². The van der Waals surface area contributed by atoms with Crippen molar-refractivity contribution < 1.29 is 14.3 Å². The first-order valence-corrected chi connectivity index (χ1v) is 13.6. The minimum Gasteiger partial charge on any atom is -0.494 e. The Balaban J connectivity index is 1.28. The predicted molar refractivity (Wildman–Crippen MR) is 154 cm³/mol. The van der Waals surface area contributed by atoms with Crippen molar-refractivity contribution in [2.75, 3.05) is 50.1 Å². The summed E-state index contributed by atoms with van der Waals surface area (Å²) in [5.41, 5.74) is 7.96. The van der Waals surface area contributed by atoms with Gasteiger partial charge in [-0.2, -0.15) is 4.98 Å². The largest absolute Gasteiger partial charge is 0.494 e. The summed E-state index contributed by atoms with van der Waals surface area (Å²) in [6.45, 7) is 5.55. The molecule has 208 valence electrons. The first-order valence-electron chi connectivity index (χ1n) is 13.6. The number of ketones is 1. The Hall–Kier alpha value is -4.54. The third kappa shape index (κ3) is 6.19. The molecule has 0 aliphatic carbocycles. The molecular weight excluding hydrogens is 508 g/mol. The average molecular weight is 543 g/mol. The smallest absolute Gasteiger partial charge is 0.273 e. The number of piperidine rings is 1. The number of amides is 1. The number of Topliss-reactive ketones (excluding diaryl/α,β-unsaturated/α-hetero) is 1. The van der Waals surface area contributed by atoms with Crippen LogP contribution in [0.1, 0.15) is 52.6 Å². The fraction of sp³-hybridized carbons (Fsp3) is 0.379. The molecule has 0 bridgehead atoms. The third-order valence-electron chi connectivity index (χ3n) is 7.14. The van der Waals surface area contributed by atoms with E-state index in [1.165, 1.54) is 0 Å². The molecule has 3 heterocycles. The highest BCUT2D eigenvalue weighted by Gasteiger charge is 2.26. The Morgan fingerprint density at radius 3 is 2.52 bits per heavy atom. The van der Waals surface area contributed by atoms with Gasteiger partial charge >= 0.3 is 0 Å². The molecule has 11 heteroatoms. The number of hydrogen-bond donors (Lipinski definition) is 2. The second kappa shape index (κ2) is 12.1. The number of aliphatic imine (C=N–C) groups is 1. The van der Waals surface area contributed by atoms with Gasteiger partial charge in [-0.25, -0.2) is 0 Å². The summed E-state index contributed by atoms with van der Waals surface area (Å²) in [6.07, 6.45) is 2.25. The van der Waals surface area contributed by atoms with Gasteiger partial charge in [-0.3, -0.25) is 14.6 Å². The minimum absolute atomic E-state index is 0.0352. The fourth-order valence-electron chi connectivity index (χ4n) is 5.09. The molecule has 40 heavy (non-hydrogen) atoms. The maximum atomic E-state index is 13.0. The SMILES string of the molecule is CCOc1ccc(C(=O)C[C@@H]2CCCN(c3nnc(C(N)=O)c(Nc4ccc(C5=NCCN5C)cc4)n3)C2)cc1. The van der Waals surface area contributed by atoms with E-state index < -0.39 is 5.91 Å². The van der Waals surface area contributed by atoms with E-state index in [1.54, 1.807) is 0 Å². The number of nitrogens with two attached hydrogens (primary N) is 1. The standard InChI is InChI=1S/C29H34N8O3/c1-3-40-23-12-8-20(9-13-23)24(38)17-19-5-4-15-37(18-19)29-33-27(25(26(30)39)34-35-29)32-22-10-6-21(7-11-22)28-31-14-16-36(28)2/h6-13,19H,3-5,14-18H2,1-2H3,(H2,30,39)(H,32,33,35)/t19-/m0/s1. The van der Waals surface area contributed by atoms with Crippen molar-refractivity contribution in [3.63, 3.8) is 0 Å². The van der Waals surface area contributed by atoms with Crippen LogP contribution in [0.15, 0.2) is 53.5 Å².